The molecule has 2 heterocycles. The summed E-state index contributed by atoms with van der Waals surface area (Å²) in [6.07, 6.45) is 0. The van der Waals surface area contributed by atoms with E-state index in [0.29, 0.717) is 6.54 Å². The fraction of sp³-hybridized carbons (Fsp3) is 0.0769. The molecule has 80 valence electrons. The second kappa shape index (κ2) is 3.77. The summed E-state index contributed by atoms with van der Waals surface area (Å²) in [6, 6.07) is 12.2. The summed E-state index contributed by atoms with van der Waals surface area (Å²) in [6.45, 7) is 0.560. The monoisotopic (exact) mass is 229 g/mol. The van der Waals surface area contributed by atoms with Gasteiger partial charge in [-0.15, -0.1) is 11.3 Å². The van der Waals surface area contributed by atoms with Crippen molar-refractivity contribution in [3.8, 4) is 11.3 Å². The van der Waals surface area contributed by atoms with E-state index in [9.17, 15) is 0 Å². The zero-order valence-electron chi connectivity index (χ0n) is 8.64. The SMILES string of the molecule is NCc1sccc1-c1cc2ccccc2o1. The van der Waals surface area contributed by atoms with Gasteiger partial charge in [-0.2, -0.15) is 0 Å². The summed E-state index contributed by atoms with van der Waals surface area (Å²) in [5.74, 6) is 0.905. The number of fused-ring (bicyclic) bond motifs is 1. The number of hydrogen-bond acceptors (Lipinski definition) is 3. The molecule has 0 saturated heterocycles. The topological polar surface area (TPSA) is 39.2 Å². The van der Waals surface area contributed by atoms with E-state index < -0.39 is 0 Å². The van der Waals surface area contributed by atoms with Crippen molar-refractivity contribution < 1.29 is 4.42 Å². The second-order valence-electron chi connectivity index (χ2n) is 3.61. The van der Waals surface area contributed by atoms with E-state index in [1.165, 1.54) is 4.88 Å². The number of furan rings is 1. The molecule has 16 heavy (non-hydrogen) atoms. The molecule has 3 rings (SSSR count). The zero-order chi connectivity index (χ0) is 11.0. The summed E-state index contributed by atoms with van der Waals surface area (Å²) in [5.41, 5.74) is 7.73. The molecule has 0 atom stereocenters. The Hall–Kier alpha value is -1.58. The van der Waals surface area contributed by atoms with Gasteiger partial charge in [0.1, 0.15) is 11.3 Å². The van der Waals surface area contributed by atoms with Crippen LogP contribution in [-0.4, -0.2) is 0 Å². The molecule has 0 aliphatic rings. The first kappa shape index (κ1) is 9.63. The van der Waals surface area contributed by atoms with Gasteiger partial charge in [0.25, 0.3) is 0 Å². The predicted octanol–water partition coefficient (Wildman–Crippen LogP) is 3.62. The Morgan fingerprint density at radius 2 is 2.06 bits per heavy atom. The molecule has 0 saturated carbocycles. The Morgan fingerprint density at radius 1 is 1.19 bits per heavy atom. The number of nitrogens with two attached hydrogens (primary N) is 1. The van der Waals surface area contributed by atoms with Gasteiger partial charge in [-0.25, -0.2) is 0 Å². The molecule has 0 amide bonds. The van der Waals surface area contributed by atoms with Crippen LogP contribution in [0, 0.1) is 0 Å². The summed E-state index contributed by atoms with van der Waals surface area (Å²) in [5, 5.41) is 3.18. The lowest BCUT2D eigenvalue weighted by atomic mass is 10.2. The maximum absolute atomic E-state index is 5.81. The fourth-order valence-corrected chi connectivity index (χ4v) is 2.59. The highest BCUT2D eigenvalue weighted by molar-refractivity contribution is 7.10. The standard InChI is InChI=1S/C13H11NOS/c14-8-13-10(5-6-16-13)12-7-9-3-1-2-4-11(9)15-12/h1-7H,8,14H2. The van der Waals surface area contributed by atoms with Crippen LogP contribution in [0.5, 0.6) is 0 Å². The van der Waals surface area contributed by atoms with Crippen molar-refractivity contribution in [3.05, 3.63) is 46.7 Å². The van der Waals surface area contributed by atoms with Crippen LogP contribution in [0.3, 0.4) is 0 Å². The second-order valence-corrected chi connectivity index (χ2v) is 4.61. The third-order valence-corrected chi connectivity index (χ3v) is 3.57. The van der Waals surface area contributed by atoms with Crippen molar-refractivity contribution in [3.63, 3.8) is 0 Å². The summed E-state index contributed by atoms with van der Waals surface area (Å²) in [7, 11) is 0. The molecule has 0 aliphatic carbocycles. The van der Waals surface area contributed by atoms with Gasteiger partial charge < -0.3 is 10.2 Å². The number of rotatable bonds is 2. The molecule has 1 aromatic carbocycles. The van der Waals surface area contributed by atoms with Gasteiger partial charge >= 0.3 is 0 Å². The van der Waals surface area contributed by atoms with Gasteiger partial charge in [-0.05, 0) is 23.6 Å². The van der Waals surface area contributed by atoms with Crippen LogP contribution in [0.15, 0.2) is 46.2 Å². The number of hydrogen-bond donors (Lipinski definition) is 1. The minimum absolute atomic E-state index is 0.560. The molecule has 0 radical (unpaired) electrons. The third-order valence-electron chi connectivity index (χ3n) is 2.62. The molecular weight excluding hydrogens is 218 g/mol. The van der Waals surface area contributed by atoms with Crippen molar-refractivity contribution in [2.45, 2.75) is 6.54 Å². The largest absolute Gasteiger partial charge is 0.456 e. The van der Waals surface area contributed by atoms with Crippen LogP contribution in [0.25, 0.3) is 22.3 Å². The van der Waals surface area contributed by atoms with E-state index in [0.717, 1.165) is 22.3 Å². The normalized spacial score (nSPS) is 11.1. The van der Waals surface area contributed by atoms with Crippen molar-refractivity contribution in [2.24, 2.45) is 5.73 Å². The van der Waals surface area contributed by atoms with Gasteiger partial charge in [-0.3, -0.25) is 0 Å². The van der Waals surface area contributed by atoms with Crippen molar-refractivity contribution in [1.29, 1.82) is 0 Å². The van der Waals surface area contributed by atoms with Crippen LogP contribution in [0.2, 0.25) is 0 Å². The lowest BCUT2D eigenvalue weighted by molar-refractivity contribution is 0.631. The molecule has 3 aromatic rings. The molecule has 3 heteroatoms. The van der Waals surface area contributed by atoms with Crippen molar-refractivity contribution >= 4 is 22.3 Å². The van der Waals surface area contributed by atoms with Crippen LogP contribution in [0.4, 0.5) is 0 Å². The molecule has 0 fully saturated rings. The maximum atomic E-state index is 5.81. The molecule has 2 aromatic heterocycles. The van der Waals surface area contributed by atoms with E-state index in [1.807, 2.05) is 23.6 Å². The average Bonchev–Trinajstić information content (AvgIpc) is 2.94. The van der Waals surface area contributed by atoms with Crippen LogP contribution in [0.1, 0.15) is 4.88 Å². The van der Waals surface area contributed by atoms with E-state index in [-0.39, 0.29) is 0 Å². The van der Waals surface area contributed by atoms with Crippen LogP contribution >= 0.6 is 11.3 Å². The van der Waals surface area contributed by atoms with Crippen molar-refractivity contribution in [1.82, 2.24) is 0 Å². The highest BCUT2D eigenvalue weighted by Crippen LogP contribution is 2.32. The Labute approximate surface area is 97.3 Å². The maximum Gasteiger partial charge on any atom is 0.136 e. The molecule has 0 aliphatic heterocycles. The lowest BCUT2D eigenvalue weighted by Crippen LogP contribution is -1.93. The summed E-state index contributed by atoms with van der Waals surface area (Å²) >= 11 is 1.67. The fourth-order valence-electron chi connectivity index (χ4n) is 1.83. The minimum atomic E-state index is 0.560. The highest BCUT2D eigenvalue weighted by atomic mass is 32.1. The first-order valence-electron chi connectivity index (χ1n) is 5.14. The number of para-hydroxylation sites is 1. The Morgan fingerprint density at radius 3 is 2.88 bits per heavy atom. The smallest absolute Gasteiger partial charge is 0.136 e. The Kier molecular flexibility index (Phi) is 2.27. The summed E-state index contributed by atoms with van der Waals surface area (Å²) < 4.78 is 5.81. The van der Waals surface area contributed by atoms with E-state index >= 15 is 0 Å². The molecular formula is C13H11NOS. The molecule has 0 bridgehead atoms. The Balaban J connectivity index is 2.19. The average molecular weight is 229 g/mol. The van der Waals surface area contributed by atoms with Gasteiger partial charge in [0.2, 0.25) is 0 Å². The van der Waals surface area contributed by atoms with E-state index in [2.05, 4.69) is 18.2 Å². The highest BCUT2D eigenvalue weighted by Gasteiger charge is 2.10. The van der Waals surface area contributed by atoms with Gasteiger partial charge in [0.05, 0.1) is 0 Å². The molecule has 0 spiro atoms. The summed E-state index contributed by atoms with van der Waals surface area (Å²) in [4.78, 5) is 1.17. The van der Waals surface area contributed by atoms with Crippen LogP contribution < -0.4 is 5.73 Å². The zero-order valence-corrected chi connectivity index (χ0v) is 9.46. The number of thiophene rings is 1. The first-order valence-corrected chi connectivity index (χ1v) is 6.02. The Bertz CT molecular complexity index is 590. The van der Waals surface area contributed by atoms with Gasteiger partial charge in [-0.1, -0.05) is 18.2 Å². The third kappa shape index (κ3) is 1.45. The van der Waals surface area contributed by atoms with Crippen molar-refractivity contribution in [2.75, 3.05) is 0 Å². The molecule has 2 nitrogen and oxygen atoms in total. The van der Waals surface area contributed by atoms with E-state index in [4.69, 9.17) is 10.2 Å². The van der Waals surface area contributed by atoms with Gasteiger partial charge in [0.15, 0.2) is 0 Å². The first-order chi connectivity index (χ1) is 7.88. The number of benzene rings is 1. The van der Waals surface area contributed by atoms with Gasteiger partial charge in [0, 0.05) is 22.4 Å². The quantitative estimate of drug-likeness (QED) is 0.729. The molecule has 0 unspecified atom stereocenters. The lowest BCUT2D eigenvalue weighted by Gasteiger charge is -1.95. The molecule has 2 N–H and O–H groups in total. The van der Waals surface area contributed by atoms with Crippen LogP contribution in [-0.2, 0) is 6.54 Å². The van der Waals surface area contributed by atoms with E-state index in [1.54, 1.807) is 11.3 Å². The minimum Gasteiger partial charge on any atom is -0.456 e. The predicted molar refractivity (Wildman–Crippen MR) is 67.4 cm³/mol.